The molecule has 2 unspecified atom stereocenters. The van der Waals surface area contributed by atoms with Crippen molar-refractivity contribution in [2.75, 3.05) is 26.2 Å². The van der Waals surface area contributed by atoms with Gasteiger partial charge in [0.15, 0.2) is 0 Å². The summed E-state index contributed by atoms with van der Waals surface area (Å²) in [6, 6.07) is -3.73. The summed E-state index contributed by atoms with van der Waals surface area (Å²) in [4.78, 5) is 82.7. The van der Waals surface area contributed by atoms with Crippen LogP contribution in [0.25, 0.3) is 0 Å². The number of amides is 6. The molecule has 2 heterocycles. The Morgan fingerprint density at radius 3 is 2.20 bits per heavy atom. The number of hydrogen-bond acceptors (Lipinski definition) is 6. The zero-order valence-electron chi connectivity index (χ0n) is 29.2. The molecule has 46 heavy (non-hydrogen) atoms. The van der Waals surface area contributed by atoms with E-state index in [1.54, 1.807) is 9.80 Å². The molecule has 3 aliphatic rings. The van der Waals surface area contributed by atoms with E-state index in [-0.39, 0.29) is 53.5 Å². The zero-order valence-corrected chi connectivity index (χ0v) is 29.2. The van der Waals surface area contributed by atoms with E-state index in [4.69, 9.17) is 0 Å². The van der Waals surface area contributed by atoms with Gasteiger partial charge in [0.2, 0.25) is 23.5 Å². The van der Waals surface area contributed by atoms with E-state index < -0.39 is 47.2 Å². The highest BCUT2D eigenvalue weighted by Gasteiger charge is 2.70. The van der Waals surface area contributed by atoms with Crippen LogP contribution in [0.5, 0.6) is 0 Å². The minimum Gasteiger partial charge on any atom is -0.346 e. The van der Waals surface area contributed by atoms with E-state index >= 15 is 0 Å². The van der Waals surface area contributed by atoms with Crippen LogP contribution in [0, 0.1) is 28.1 Å². The van der Waals surface area contributed by atoms with E-state index in [9.17, 15) is 28.8 Å². The second kappa shape index (κ2) is 14.1. The molecule has 3 rings (SSSR count). The maximum atomic E-state index is 14.3. The van der Waals surface area contributed by atoms with Gasteiger partial charge in [-0.3, -0.25) is 24.0 Å². The van der Waals surface area contributed by atoms with Crippen LogP contribution in [0.3, 0.4) is 0 Å². The van der Waals surface area contributed by atoms with Crippen molar-refractivity contribution in [1.29, 1.82) is 0 Å². The van der Waals surface area contributed by atoms with Crippen LogP contribution in [0.1, 0.15) is 88.0 Å². The van der Waals surface area contributed by atoms with Crippen LogP contribution in [0.4, 0.5) is 4.79 Å². The number of rotatable bonds is 13. The normalized spacial score (nSPS) is 23.9. The fourth-order valence-corrected chi connectivity index (χ4v) is 6.84. The summed E-state index contributed by atoms with van der Waals surface area (Å²) in [6.07, 6.45) is 3.59. The van der Waals surface area contributed by atoms with Crippen LogP contribution in [0.2, 0.25) is 0 Å². The number of fused-ring (bicyclic) bond motifs is 1. The Balaban J connectivity index is 1.81. The van der Waals surface area contributed by atoms with E-state index in [0.29, 0.717) is 32.5 Å². The smallest absolute Gasteiger partial charge is 0.315 e. The lowest BCUT2D eigenvalue weighted by Gasteiger charge is -2.39. The first-order valence-electron chi connectivity index (χ1n) is 16.6. The van der Waals surface area contributed by atoms with E-state index in [2.05, 4.69) is 41.7 Å². The quantitative estimate of drug-likeness (QED) is 0.178. The van der Waals surface area contributed by atoms with E-state index in [0.717, 1.165) is 6.42 Å². The Morgan fingerprint density at radius 1 is 1.02 bits per heavy atom. The van der Waals surface area contributed by atoms with Crippen LogP contribution in [0.15, 0.2) is 12.7 Å². The van der Waals surface area contributed by atoms with Gasteiger partial charge < -0.3 is 31.1 Å². The Kier molecular flexibility index (Phi) is 11.4. The van der Waals surface area contributed by atoms with Crippen molar-refractivity contribution < 1.29 is 28.8 Å². The summed E-state index contributed by atoms with van der Waals surface area (Å²) in [5.74, 6) is -2.37. The van der Waals surface area contributed by atoms with Crippen molar-refractivity contribution in [3.05, 3.63) is 12.7 Å². The molecular weight excluding hydrogens is 588 g/mol. The van der Waals surface area contributed by atoms with Gasteiger partial charge in [-0.15, -0.1) is 6.58 Å². The highest BCUT2D eigenvalue weighted by atomic mass is 16.2. The first-order chi connectivity index (χ1) is 21.2. The number of nitrogens with zero attached hydrogens (tertiary/aromatic N) is 2. The molecular formula is C34H56N6O6. The fourth-order valence-electron chi connectivity index (χ4n) is 6.84. The van der Waals surface area contributed by atoms with Crippen LogP contribution >= 0.6 is 0 Å². The number of ketones is 1. The lowest BCUT2D eigenvalue weighted by Crippen LogP contribution is -2.62. The number of likely N-dealkylation sites (tertiary alicyclic amines) is 2. The Bertz CT molecular complexity index is 1220. The lowest BCUT2D eigenvalue weighted by molar-refractivity contribution is -0.145. The first-order valence-corrected chi connectivity index (χ1v) is 16.6. The Labute approximate surface area is 274 Å². The van der Waals surface area contributed by atoms with Gasteiger partial charge in [0.25, 0.3) is 5.91 Å². The van der Waals surface area contributed by atoms with Gasteiger partial charge in [-0.25, -0.2) is 4.79 Å². The average Bonchev–Trinajstić information content (AvgIpc) is 3.29. The van der Waals surface area contributed by atoms with Crippen LogP contribution in [-0.2, 0) is 24.0 Å². The molecule has 1 aliphatic carbocycles. The van der Waals surface area contributed by atoms with E-state index in [1.165, 1.54) is 6.08 Å². The minimum absolute atomic E-state index is 0.0688. The summed E-state index contributed by atoms with van der Waals surface area (Å²) in [7, 11) is 0. The number of nitrogens with one attached hydrogen (secondary N) is 4. The molecule has 12 nitrogen and oxygen atoms in total. The number of piperidine rings is 1. The SMILES string of the molecule is C=CCNC(=O)C(=O)C(CCC)NC(=O)C1[C@@H]2[C@H](CN1C(=O)[C@@H](NC(=O)N[C@H](CN1CCCC1=O)C(C)(C)C)C(C)(C)C)C2(C)C. The molecule has 2 aliphatic heterocycles. The van der Waals surface area contributed by atoms with Gasteiger partial charge in [-0.2, -0.15) is 0 Å². The average molecular weight is 645 g/mol. The lowest BCUT2D eigenvalue weighted by atomic mass is 9.85. The van der Waals surface area contributed by atoms with Crippen molar-refractivity contribution in [2.45, 2.75) is 112 Å². The topological polar surface area (TPSA) is 157 Å². The summed E-state index contributed by atoms with van der Waals surface area (Å²) in [5.41, 5.74) is -1.25. The molecule has 4 N–H and O–H groups in total. The molecule has 0 aromatic carbocycles. The van der Waals surface area contributed by atoms with Gasteiger partial charge in [0.05, 0.1) is 12.1 Å². The van der Waals surface area contributed by atoms with Crippen LogP contribution < -0.4 is 21.3 Å². The number of carbonyl (C=O) groups is 6. The molecule has 6 amide bonds. The van der Waals surface area contributed by atoms with Gasteiger partial charge >= 0.3 is 6.03 Å². The highest BCUT2D eigenvalue weighted by Crippen LogP contribution is 2.65. The monoisotopic (exact) mass is 644 g/mol. The molecule has 258 valence electrons. The van der Waals surface area contributed by atoms with Crippen molar-refractivity contribution in [3.63, 3.8) is 0 Å². The number of urea groups is 1. The molecule has 12 heteroatoms. The largest absolute Gasteiger partial charge is 0.346 e. The van der Waals surface area contributed by atoms with Crippen molar-refractivity contribution in [2.24, 2.45) is 28.1 Å². The molecule has 0 aromatic rings. The molecule has 0 radical (unpaired) electrons. The number of carbonyl (C=O) groups excluding carboxylic acids is 6. The van der Waals surface area contributed by atoms with Crippen molar-refractivity contribution in [1.82, 2.24) is 31.1 Å². The van der Waals surface area contributed by atoms with Gasteiger partial charge in [-0.1, -0.05) is 74.8 Å². The van der Waals surface area contributed by atoms with Crippen molar-refractivity contribution in [3.8, 4) is 0 Å². The third-order valence-corrected chi connectivity index (χ3v) is 9.91. The van der Waals surface area contributed by atoms with Crippen LogP contribution in [-0.4, -0.2) is 95.6 Å². The molecule has 3 fully saturated rings. The van der Waals surface area contributed by atoms with Gasteiger partial charge in [0.1, 0.15) is 12.1 Å². The predicted octanol–water partition coefficient (Wildman–Crippen LogP) is 2.38. The molecule has 2 saturated heterocycles. The number of Topliss-reactive ketones (excluding diaryl/α,β-unsaturated/α-hetero) is 1. The molecule has 0 spiro atoms. The maximum absolute atomic E-state index is 14.3. The number of hydrogen-bond donors (Lipinski definition) is 4. The molecule has 6 atom stereocenters. The Morgan fingerprint density at radius 2 is 1.67 bits per heavy atom. The maximum Gasteiger partial charge on any atom is 0.315 e. The summed E-state index contributed by atoms with van der Waals surface area (Å²) in [6.45, 7) is 22.6. The summed E-state index contributed by atoms with van der Waals surface area (Å²) in [5, 5.41) is 11.2. The first kappa shape index (κ1) is 37.0. The molecule has 0 aromatic heterocycles. The van der Waals surface area contributed by atoms with Gasteiger partial charge in [-0.05, 0) is 40.9 Å². The predicted molar refractivity (Wildman–Crippen MR) is 175 cm³/mol. The third kappa shape index (κ3) is 8.28. The standard InChI is InChI=1S/C34H56N6O6/c1-11-14-21(26(42)29(44)35-16-12-2)36-28(43)25-24-20(34(24,9)10)18-40(25)30(45)27(33(6,7)8)38-31(46)37-22(32(3,4)5)19-39-17-13-15-23(39)41/h12,20-22,24-25,27H,2,11,13-19H2,1,3-10H3,(H,35,44)(H,36,43)(H2,37,38,46)/t20-,21?,22+,24-,25?,27+/m0/s1. The highest BCUT2D eigenvalue weighted by molar-refractivity contribution is 6.38. The second-order valence-electron chi connectivity index (χ2n) is 15.9. The Hall–Kier alpha value is -3.44. The second-order valence-corrected chi connectivity index (χ2v) is 15.9. The zero-order chi connectivity index (χ0) is 34.8. The third-order valence-electron chi connectivity index (χ3n) is 9.91. The molecule has 0 bridgehead atoms. The summed E-state index contributed by atoms with van der Waals surface area (Å²) < 4.78 is 0. The molecule has 1 saturated carbocycles. The fraction of sp³-hybridized carbons (Fsp3) is 0.765. The van der Waals surface area contributed by atoms with E-state index in [1.807, 2.05) is 48.5 Å². The summed E-state index contributed by atoms with van der Waals surface area (Å²) >= 11 is 0. The van der Waals surface area contributed by atoms with Gasteiger partial charge in [0, 0.05) is 32.6 Å². The van der Waals surface area contributed by atoms with Crippen molar-refractivity contribution >= 4 is 35.4 Å². The minimum atomic E-state index is -1.03.